The molecular formula is C24H24N4O3S2. The van der Waals surface area contributed by atoms with E-state index in [2.05, 4.69) is 45.1 Å². The number of amides is 2. The van der Waals surface area contributed by atoms with E-state index in [4.69, 9.17) is 17.0 Å². The van der Waals surface area contributed by atoms with Gasteiger partial charge in [0.2, 0.25) is 5.13 Å². The zero-order valence-electron chi connectivity index (χ0n) is 17.9. The van der Waals surface area contributed by atoms with Crippen LogP contribution >= 0.6 is 23.6 Å². The van der Waals surface area contributed by atoms with Gasteiger partial charge in [-0.15, -0.1) is 5.10 Å². The van der Waals surface area contributed by atoms with E-state index in [9.17, 15) is 9.59 Å². The van der Waals surface area contributed by atoms with Crippen molar-refractivity contribution in [2.24, 2.45) is 0 Å². The summed E-state index contributed by atoms with van der Waals surface area (Å²) in [5, 5.41) is 12.8. The molecule has 0 unspecified atom stereocenters. The monoisotopic (exact) mass is 480 g/mol. The van der Waals surface area contributed by atoms with Crippen LogP contribution in [0.5, 0.6) is 0 Å². The summed E-state index contributed by atoms with van der Waals surface area (Å²) in [5.74, 6) is -0.316. The quantitative estimate of drug-likeness (QED) is 0.426. The van der Waals surface area contributed by atoms with Crippen LogP contribution in [0.3, 0.4) is 0 Å². The number of ether oxygens (including phenoxy) is 1. The largest absolute Gasteiger partial charge is 0.449 e. The molecule has 1 heterocycles. The topological polar surface area (TPSA) is 96.1 Å². The van der Waals surface area contributed by atoms with Gasteiger partial charge in [0.25, 0.3) is 5.91 Å². The number of nitrogens with one attached hydrogen (secondary N) is 3. The van der Waals surface area contributed by atoms with Crippen LogP contribution in [0.4, 0.5) is 9.93 Å². The predicted octanol–water partition coefficient (Wildman–Crippen LogP) is 5.38. The molecule has 2 amide bonds. The maximum Gasteiger partial charge on any atom is 0.408 e. The fourth-order valence-electron chi connectivity index (χ4n) is 4.89. The number of carbonyl (C=O) groups is 2. The van der Waals surface area contributed by atoms with Crippen LogP contribution in [-0.2, 0) is 9.53 Å². The van der Waals surface area contributed by atoms with Crippen molar-refractivity contribution in [2.75, 3.05) is 11.9 Å². The minimum atomic E-state index is -1.02. The second-order valence-electron chi connectivity index (χ2n) is 8.47. The van der Waals surface area contributed by atoms with Gasteiger partial charge in [0.15, 0.2) is 3.95 Å². The highest BCUT2D eigenvalue weighted by atomic mass is 32.1. The number of anilines is 1. The molecule has 7 nitrogen and oxygen atoms in total. The Bertz CT molecular complexity index is 1200. The number of nitrogens with zero attached hydrogens (tertiary/aromatic N) is 1. The molecule has 0 radical (unpaired) electrons. The first kappa shape index (κ1) is 21.8. The van der Waals surface area contributed by atoms with Crippen LogP contribution < -0.4 is 10.6 Å². The van der Waals surface area contributed by atoms with Gasteiger partial charge in [-0.05, 0) is 47.3 Å². The van der Waals surface area contributed by atoms with Crippen molar-refractivity contribution in [3.8, 4) is 11.1 Å². The number of carbonyl (C=O) groups excluding carboxylic acids is 2. The van der Waals surface area contributed by atoms with Crippen LogP contribution in [0.15, 0.2) is 48.5 Å². The van der Waals surface area contributed by atoms with E-state index in [1.54, 1.807) is 0 Å². The summed E-state index contributed by atoms with van der Waals surface area (Å²) in [4.78, 5) is 26.1. The zero-order chi connectivity index (χ0) is 22.8. The number of rotatable bonds is 5. The van der Waals surface area contributed by atoms with Crippen molar-refractivity contribution < 1.29 is 14.3 Å². The minimum Gasteiger partial charge on any atom is -0.449 e. The summed E-state index contributed by atoms with van der Waals surface area (Å²) in [5.41, 5.74) is 3.62. The molecule has 9 heteroatoms. The summed E-state index contributed by atoms with van der Waals surface area (Å²) >= 11 is 6.23. The van der Waals surface area contributed by atoms with E-state index < -0.39 is 11.6 Å². The minimum absolute atomic E-state index is 0.0318. The molecule has 0 spiro atoms. The van der Waals surface area contributed by atoms with Crippen LogP contribution in [0.25, 0.3) is 11.1 Å². The number of aromatic amines is 1. The van der Waals surface area contributed by atoms with Crippen LogP contribution in [0.2, 0.25) is 0 Å². The van der Waals surface area contributed by atoms with Crippen LogP contribution in [-0.4, -0.2) is 34.3 Å². The summed E-state index contributed by atoms with van der Waals surface area (Å²) in [6, 6.07) is 16.4. The average molecular weight is 481 g/mol. The Labute approximate surface area is 200 Å². The summed E-state index contributed by atoms with van der Waals surface area (Å²) < 4.78 is 6.19. The molecule has 3 N–H and O–H groups in total. The van der Waals surface area contributed by atoms with Crippen LogP contribution in [0, 0.1) is 3.95 Å². The molecule has 2 aromatic carbocycles. The first-order valence-electron chi connectivity index (χ1n) is 11.1. The van der Waals surface area contributed by atoms with Gasteiger partial charge in [-0.3, -0.25) is 15.2 Å². The molecule has 3 aromatic rings. The highest BCUT2D eigenvalue weighted by molar-refractivity contribution is 7.73. The molecule has 0 atom stereocenters. The average Bonchev–Trinajstić information content (AvgIpc) is 3.39. The number of hydrogen-bond donors (Lipinski definition) is 3. The fourth-order valence-corrected chi connectivity index (χ4v) is 5.68. The van der Waals surface area contributed by atoms with Gasteiger partial charge in [-0.25, -0.2) is 4.79 Å². The fraction of sp³-hybridized carbons (Fsp3) is 0.333. The summed E-state index contributed by atoms with van der Waals surface area (Å²) in [6.45, 7) is 0.207. The molecule has 0 saturated heterocycles. The lowest BCUT2D eigenvalue weighted by atomic mass is 9.81. The van der Waals surface area contributed by atoms with Crippen molar-refractivity contribution in [3.05, 3.63) is 63.6 Å². The highest BCUT2D eigenvalue weighted by Crippen LogP contribution is 2.44. The molecule has 2 aliphatic rings. The van der Waals surface area contributed by atoms with E-state index in [1.807, 2.05) is 24.3 Å². The molecule has 1 fully saturated rings. The van der Waals surface area contributed by atoms with Gasteiger partial charge in [0.05, 0.1) is 0 Å². The third-order valence-electron chi connectivity index (χ3n) is 6.49. The van der Waals surface area contributed by atoms with E-state index >= 15 is 0 Å². The Kier molecular flexibility index (Phi) is 5.99. The Hall–Kier alpha value is -3.04. The van der Waals surface area contributed by atoms with Crippen molar-refractivity contribution >= 4 is 40.7 Å². The number of aromatic nitrogens is 2. The normalized spacial score (nSPS) is 16.5. The predicted molar refractivity (Wildman–Crippen MR) is 130 cm³/mol. The SMILES string of the molecule is O=C(NC1(C(=O)Nc2n[nH]c(=S)s2)CCCCC1)OCC1c2ccccc2-c2ccccc21. The van der Waals surface area contributed by atoms with E-state index in [1.165, 1.54) is 22.5 Å². The Morgan fingerprint density at radius 1 is 1.06 bits per heavy atom. The molecule has 2 aliphatic carbocycles. The molecule has 0 aliphatic heterocycles. The highest BCUT2D eigenvalue weighted by Gasteiger charge is 2.42. The van der Waals surface area contributed by atoms with Crippen molar-refractivity contribution in [1.82, 2.24) is 15.5 Å². The summed E-state index contributed by atoms with van der Waals surface area (Å²) in [6.07, 6.45) is 3.27. The maximum atomic E-state index is 13.2. The first-order valence-corrected chi connectivity index (χ1v) is 12.3. The van der Waals surface area contributed by atoms with E-state index in [0.29, 0.717) is 21.9 Å². The molecular weight excluding hydrogens is 456 g/mol. The lowest BCUT2D eigenvalue weighted by molar-refractivity contribution is -0.123. The Balaban J connectivity index is 1.30. The third-order valence-corrected chi connectivity index (χ3v) is 7.49. The smallest absolute Gasteiger partial charge is 0.408 e. The second-order valence-corrected chi connectivity index (χ2v) is 10.1. The van der Waals surface area contributed by atoms with Gasteiger partial charge in [-0.1, -0.05) is 79.1 Å². The van der Waals surface area contributed by atoms with E-state index in [-0.39, 0.29) is 18.4 Å². The molecule has 1 saturated carbocycles. The standard InChI is InChI=1S/C24H24N4O3S2/c29-20(25-21-27-28-23(32)33-21)24(12-6-1-7-13-24)26-22(30)31-14-19-17-10-4-2-8-15(17)16-9-3-5-11-18(16)19/h2-5,8-11,19H,1,6-7,12-14H2,(H,26,30)(H,28,32)(H,25,27,29). The first-order chi connectivity index (χ1) is 16.1. The molecule has 0 bridgehead atoms. The Morgan fingerprint density at radius 2 is 1.70 bits per heavy atom. The maximum absolute atomic E-state index is 13.2. The lowest BCUT2D eigenvalue weighted by Crippen LogP contribution is -2.58. The van der Waals surface area contributed by atoms with Gasteiger partial charge in [0, 0.05) is 5.92 Å². The van der Waals surface area contributed by atoms with Crippen molar-refractivity contribution in [1.29, 1.82) is 0 Å². The number of hydrogen-bond acceptors (Lipinski definition) is 6. The van der Waals surface area contributed by atoms with Gasteiger partial charge in [0.1, 0.15) is 12.1 Å². The Morgan fingerprint density at radius 3 is 2.30 bits per heavy atom. The number of H-pyrrole nitrogens is 1. The van der Waals surface area contributed by atoms with Gasteiger partial charge < -0.3 is 10.1 Å². The third kappa shape index (κ3) is 4.30. The van der Waals surface area contributed by atoms with Crippen molar-refractivity contribution in [3.63, 3.8) is 0 Å². The summed E-state index contributed by atoms with van der Waals surface area (Å²) in [7, 11) is 0. The zero-order valence-corrected chi connectivity index (χ0v) is 19.6. The number of alkyl carbamates (subject to hydrolysis) is 1. The number of benzene rings is 2. The molecule has 33 heavy (non-hydrogen) atoms. The lowest BCUT2D eigenvalue weighted by Gasteiger charge is -2.35. The second kappa shape index (κ2) is 9.07. The van der Waals surface area contributed by atoms with Gasteiger partial charge >= 0.3 is 6.09 Å². The van der Waals surface area contributed by atoms with Crippen molar-refractivity contribution in [2.45, 2.75) is 43.6 Å². The number of fused-ring (bicyclic) bond motifs is 3. The van der Waals surface area contributed by atoms with Crippen LogP contribution in [0.1, 0.15) is 49.1 Å². The molecule has 5 rings (SSSR count). The van der Waals surface area contributed by atoms with Gasteiger partial charge in [-0.2, -0.15) is 0 Å². The molecule has 1 aromatic heterocycles. The molecule has 170 valence electrons. The van der Waals surface area contributed by atoms with E-state index in [0.717, 1.165) is 30.4 Å².